The van der Waals surface area contributed by atoms with Crippen LogP contribution in [-0.2, 0) is 0 Å². The third kappa shape index (κ3) is 4.24. The van der Waals surface area contributed by atoms with Crippen LogP contribution in [0.5, 0.6) is 0 Å². The van der Waals surface area contributed by atoms with E-state index in [1.807, 2.05) is 13.0 Å². The van der Waals surface area contributed by atoms with Crippen molar-refractivity contribution < 1.29 is 14.5 Å². The number of amides is 2. The van der Waals surface area contributed by atoms with Gasteiger partial charge in [0.15, 0.2) is 5.69 Å². The minimum absolute atomic E-state index is 0.0359. The molecule has 5 N–H and O–H groups in total. The summed E-state index contributed by atoms with van der Waals surface area (Å²) < 4.78 is 0. The van der Waals surface area contributed by atoms with Crippen LogP contribution in [0.25, 0.3) is 0 Å². The number of nitrogens with one attached hydrogen (secondary N) is 3. The molecule has 0 bridgehead atoms. The van der Waals surface area contributed by atoms with Crippen LogP contribution < -0.4 is 16.4 Å². The maximum Gasteiger partial charge on any atom is 0.293 e. The van der Waals surface area contributed by atoms with Crippen LogP contribution in [0.1, 0.15) is 45.2 Å². The maximum absolute atomic E-state index is 12.6. The first-order valence-electron chi connectivity index (χ1n) is 8.90. The number of nitrogens with two attached hydrogens (primary N) is 1. The highest BCUT2D eigenvalue weighted by Gasteiger charge is 2.22. The van der Waals surface area contributed by atoms with Gasteiger partial charge in [0.05, 0.1) is 28.0 Å². The number of aromatic amines is 1. The van der Waals surface area contributed by atoms with Crippen molar-refractivity contribution in [3.8, 4) is 0 Å². The van der Waals surface area contributed by atoms with Gasteiger partial charge in [-0.2, -0.15) is 5.10 Å². The summed E-state index contributed by atoms with van der Waals surface area (Å²) in [4.78, 5) is 39.3. The number of carbonyl (C=O) groups is 2. The Balaban J connectivity index is 1.86. The summed E-state index contributed by atoms with van der Waals surface area (Å²) in [6.45, 7) is 3.42. The molecule has 1 unspecified atom stereocenters. The third-order valence-electron chi connectivity index (χ3n) is 4.38. The molecule has 3 rings (SSSR count). The zero-order chi connectivity index (χ0) is 21.8. The Bertz CT molecular complexity index is 1110. The van der Waals surface area contributed by atoms with E-state index in [0.717, 1.165) is 6.07 Å². The van der Waals surface area contributed by atoms with Gasteiger partial charge >= 0.3 is 0 Å². The summed E-state index contributed by atoms with van der Waals surface area (Å²) >= 11 is 0. The molecular formula is C19H19N7O4. The van der Waals surface area contributed by atoms with Crippen LogP contribution in [-0.4, -0.2) is 31.9 Å². The average molecular weight is 409 g/mol. The SMILES string of the molecule is Cc1[nH]nc(C(N)=O)c1NC(=O)c1ccc(NC(C)c2ccccn2)c([N+](=O)[O-])c1. The number of anilines is 2. The molecule has 3 aromatic rings. The van der Waals surface area contributed by atoms with Crippen LogP contribution in [0.3, 0.4) is 0 Å². The van der Waals surface area contributed by atoms with Gasteiger partial charge in [-0.25, -0.2) is 0 Å². The minimum Gasteiger partial charge on any atom is -0.371 e. The van der Waals surface area contributed by atoms with Crippen molar-refractivity contribution in [2.75, 3.05) is 10.6 Å². The van der Waals surface area contributed by atoms with Gasteiger partial charge < -0.3 is 16.4 Å². The van der Waals surface area contributed by atoms with Gasteiger partial charge in [0.2, 0.25) is 0 Å². The molecule has 0 aliphatic carbocycles. The van der Waals surface area contributed by atoms with Crippen LogP contribution in [0.4, 0.5) is 17.1 Å². The zero-order valence-corrected chi connectivity index (χ0v) is 16.2. The largest absolute Gasteiger partial charge is 0.371 e. The van der Waals surface area contributed by atoms with Gasteiger partial charge in [0.1, 0.15) is 5.69 Å². The number of nitrogens with zero attached hydrogens (tertiary/aromatic N) is 3. The highest BCUT2D eigenvalue weighted by molar-refractivity contribution is 6.09. The third-order valence-corrected chi connectivity index (χ3v) is 4.38. The van der Waals surface area contributed by atoms with Crippen LogP contribution in [0, 0.1) is 17.0 Å². The molecule has 0 fully saturated rings. The fraction of sp³-hybridized carbons (Fsp3) is 0.158. The van der Waals surface area contributed by atoms with Gasteiger partial charge in [-0.05, 0) is 38.1 Å². The van der Waals surface area contributed by atoms with Crippen LogP contribution in [0.2, 0.25) is 0 Å². The number of aryl methyl sites for hydroxylation is 1. The number of hydrogen-bond donors (Lipinski definition) is 4. The quantitative estimate of drug-likeness (QED) is 0.343. The lowest BCUT2D eigenvalue weighted by molar-refractivity contribution is -0.384. The number of carbonyl (C=O) groups excluding carboxylic acids is 2. The Morgan fingerprint density at radius 1 is 1.27 bits per heavy atom. The molecular weight excluding hydrogens is 390 g/mol. The van der Waals surface area contributed by atoms with E-state index in [0.29, 0.717) is 11.4 Å². The van der Waals surface area contributed by atoms with Crippen molar-refractivity contribution in [1.29, 1.82) is 0 Å². The molecule has 2 heterocycles. The number of hydrogen-bond acceptors (Lipinski definition) is 7. The summed E-state index contributed by atoms with van der Waals surface area (Å²) in [5.74, 6) is -1.46. The number of nitro groups is 1. The average Bonchev–Trinajstić information content (AvgIpc) is 3.09. The van der Waals surface area contributed by atoms with Gasteiger partial charge in [-0.3, -0.25) is 29.8 Å². The zero-order valence-electron chi connectivity index (χ0n) is 16.2. The second-order valence-electron chi connectivity index (χ2n) is 6.50. The van der Waals surface area contributed by atoms with E-state index < -0.39 is 16.7 Å². The first-order valence-corrected chi connectivity index (χ1v) is 8.90. The number of nitro benzene ring substituents is 1. The smallest absolute Gasteiger partial charge is 0.293 e. The van der Waals surface area contributed by atoms with Crippen LogP contribution in [0.15, 0.2) is 42.6 Å². The topological polar surface area (TPSA) is 169 Å². The van der Waals surface area contributed by atoms with Crippen LogP contribution >= 0.6 is 0 Å². The molecule has 0 aliphatic heterocycles. The molecule has 11 heteroatoms. The highest BCUT2D eigenvalue weighted by Crippen LogP contribution is 2.29. The van der Waals surface area contributed by atoms with Crippen molar-refractivity contribution in [3.63, 3.8) is 0 Å². The van der Waals surface area contributed by atoms with Crippen molar-refractivity contribution in [3.05, 3.63) is 75.4 Å². The number of pyridine rings is 1. The molecule has 2 amide bonds. The minimum atomic E-state index is -0.816. The number of benzene rings is 1. The van der Waals surface area contributed by atoms with Gasteiger partial charge in [-0.15, -0.1) is 0 Å². The predicted octanol–water partition coefficient (Wildman–Crippen LogP) is 2.55. The summed E-state index contributed by atoms with van der Waals surface area (Å²) in [5.41, 5.74) is 6.39. The summed E-state index contributed by atoms with van der Waals surface area (Å²) in [5, 5.41) is 23.4. The number of aromatic nitrogens is 3. The molecule has 30 heavy (non-hydrogen) atoms. The lowest BCUT2D eigenvalue weighted by atomic mass is 10.1. The Morgan fingerprint density at radius 3 is 2.67 bits per heavy atom. The predicted molar refractivity (Wildman–Crippen MR) is 109 cm³/mol. The number of rotatable bonds is 7. The molecule has 11 nitrogen and oxygen atoms in total. The monoisotopic (exact) mass is 409 g/mol. The molecule has 0 aliphatic rings. The van der Waals surface area contributed by atoms with Crippen molar-refractivity contribution in [2.24, 2.45) is 5.73 Å². The lowest BCUT2D eigenvalue weighted by Crippen LogP contribution is -2.18. The summed E-state index contributed by atoms with van der Waals surface area (Å²) in [7, 11) is 0. The normalized spacial score (nSPS) is 11.5. The molecule has 0 radical (unpaired) electrons. The highest BCUT2D eigenvalue weighted by atomic mass is 16.6. The van der Waals surface area contributed by atoms with Crippen molar-refractivity contribution in [1.82, 2.24) is 15.2 Å². The Kier molecular flexibility index (Phi) is 5.72. The van der Waals surface area contributed by atoms with E-state index >= 15 is 0 Å². The van der Waals surface area contributed by atoms with Crippen molar-refractivity contribution in [2.45, 2.75) is 19.9 Å². The second kappa shape index (κ2) is 8.39. The number of primary amides is 1. The lowest BCUT2D eigenvalue weighted by Gasteiger charge is -2.15. The van der Waals surface area contributed by atoms with Crippen molar-refractivity contribution >= 4 is 28.9 Å². The van der Waals surface area contributed by atoms with E-state index in [-0.39, 0.29) is 34.4 Å². The second-order valence-corrected chi connectivity index (χ2v) is 6.50. The van der Waals surface area contributed by atoms with E-state index in [9.17, 15) is 19.7 Å². The fourth-order valence-electron chi connectivity index (χ4n) is 2.83. The molecule has 0 spiro atoms. The van der Waals surface area contributed by atoms with Gasteiger partial charge in [0, 0.05) is 17.8 Å². The first kappa shape index (κ1) is 20.5. The molecule has 0 saturated carbocycles. The standard InChI is InChI=1S/C19H19N7O4/c1-10(13-5-3-4-8-21-13)22-14-7-6-12(9-15(14)26(29)30)19(28)23-16-11(2)24-25-17(16)18(20)27/h3-10,22H,1-2H3,(H2,20,27)(H,23,28)(H,24,25). The summed E-state index contributed by atoms with van der Waals surface area (Å²) in [6.07, 6.45) is 1.63. The first-order chi connectivity index (χ1) is 14.3. The van der Waals surface area contributed by atoms with Gasteiger partial charge in [0.25, 0.3) is 17.5 Å². The van der Waals surface area contributed by atoms with E-state index in [1.165, 1.54) is 12.1 Å². The Labute approximate surface area is 170 Å². The fourth-order valence-corrected chi connectivity index (χ4v) is 2.83. The Hall–Kier alpha value is -4.28. The van der Waals surface area contributed by atoms with E-state index in [1.54, 1.807) is 25.3 Å². The van der Waals surface area contributed by atoms with Gasteiger partial charge in [-0.1, -0.05) is 6.07 Å². The van der Waals surface area contributed by atoms with E-state index in [4.69, 9.17) is 5.73 Å². The molecule has 0 saturated heterocycles. The molecule has 1 aromatic carbocycles. The summed E-state index contributed by atoms with van der Waals surface area (Å²) in [6, 6.07) is 9.14. The molecule has 2 aromatic heterocycles. The van der Waals surface area contributed by atoms with E-state index in [2.05, 4.69) is 25.8 Å². The molecule has 1 atom stereocenters. The molecule has 154 valence electrons. The Morgan fingerprint density at radius 2 is 2.03 bits per heavy atom. The number of H-pyrrole nitrogens is 1. The maximum atomic E-state index is 12.6.